The molecule has 0 radical (unpaired) electrons. The fourth-order valence-corrected chi connectivity index (χ4v) is 3.11. The third-order valence-electron chi connectivity index (χ3n) is 3.48. The van der Waals surface area contributed by atoms with E-state index in [1.54, 1.807) is 0 Å². The number of nitrogens with one attached hydrogen (secondary N) is 1. The topological polar surface area (TPSA) is 46.9 Å². The van der Waals surface area contributed by atoms with Gasteiger partial charge >= 0.3 is 0 Å². The van der Waals surface area contributed by atoms with Crippen LogP contribution in [0.25, 0.3) is 11.0 Å². The highest BCUT2D eigenvalue weighted by Crippen LogP contribution is 2.21. The molecule has 1 unspecified atom stereocenters. The van der Waals surface area contributed by atoms with Gasteiger partial charge in [0, 0.05) is 6.54 Å². The number of amides is 1. The van der Waals surface area contributed by atoms with Crippen molar-refractivity contribution in [1.29, 1.82) is 0 Å². The first-order valence-corrected chi connectivity index (χ1v) is 7.99. The summed E-state index contributed by atoms with van der Waals surface area (Å²) in [4.78, 5) is 17.6. The van der Waals surface area contributed by atoms with Crippen LogP contribution >= 0.6 is 11.3 Å². The Morgan fingerprint density at radius 3 is 2.95 bits per heavy atom. The second-order valence-corrected chi connectivity index (χ2v) is 5.98. The SMILES string of the molecule is C=CCn1c(C(C)NC(=O)c2cccs2)nc2ccccc21. The molecular weight excluding hydrogens is 294 g/mol. The monoisotopic (exact) mass is 311 g/mol. The Morgan fingerprint density at radius 1 is 1.41 bits per heavy atom. The minimum atomic E-state index is -0.179. The molecule has 0 fully saturated rings. The van der Waals surface area contributed by atoms with Crippen molar-refractivity contribution in [3.05, 3.63) is 65.1 Å². The molecule has 3 aromatic rings. The number of nitrogens with zero attached hydrogens (tertiary/aromatic N) is 2. The molecule has 0 spiro atoms. The normalized spacial score (nSPS) is 12.2. The van der Waals surface area contributed by atoms with Crippen molar-refractivity contribution in [3.63, 3.8) is 0 Å². The quantitative estimate of drug-likeness (QED) is 0.729. The van der Waals surface area contributed by atoms with Crippen LogP contribution in [0.5, 0.6) is 0 Å². The molecule has 0 saturated heterocycles. The summed E-state index contributed by atoms with van der Waals surface area (Å²) in [5.74, 6) is 0.769. The van der Waals surface area contributed by atoms with Crippen molar-refractivity contribution in [2.24, 2.45) is 0 Å². The molecule has 0 aliphatic heterocycles. The largest absolute Gasteiger partial charge is 0.342 e. The minimum absolute atomic E-state index is 0.0697. The molecule has 1 atom stereocenters. The highest BCUT2D eigenvalue weighted by molar-refractivity contribution is 7.12. The molecule has 5 heteroatoms. The van der Waals surface area contributed by atoms with Gasteiger partial charge in [-0.05, 0) is 30.5 Å². The van der Waals surface area contributed by atoms with E-state index in [9.17, 15) is 4.79 Å². The predicted molar refractivity (Wildman–Crippen MR) is 90.1 cm³/mol. The second-order valence-electron chi connectivity index (χ2n) is 5.03. The number of imidazole rings is 1. The first-order valence-electron chi connectivity index (χ1n) is 7.11. The number of para-hydroxylation sites is 2. The van der Waals surface area contributed by atoms with Crippen LogP contribution in [0.4, 0.5) is 0 Å². The van der Waals surface area contributed by atoms with Gasteiger partial charge in [-0.1, -0.05) is 24.3 Å². The van der Waals surface area contributed by atoms with Gasteiger partial charge in [0.15, 0.2) is 0 Å². The van der Waals surface area contributed by atoms with E-state index in [1.165, 1.54) is 11.3 Å². The zero-order chi connectivity index (χ0) is 15.5. The third-order valence-corrected chi connectivity index (χ3v) is 4.34. The first-order chi connectivity index (χ1) is 10.7. The maximum absolute atomic E-state index is 12.2. The summed E-state index contributed by atoms with van der Waals surface area (Å²) in [6.07, 6.45) is 1.84. The number of carbonyl (C=O) groups is 1. The molecule has 2 aromatic heterocycles. The van der Waals surface area contributed by atoms with Gasteiger partial charge in [0.1, 0.15) is 5.82 Å². The van der Waals surface area contributed by atoms with Gasteiger partial charge in [0.25, 0.3) is 5.91 Å². The number of thiophene rings is 1. The molecule has 1 amide bonds. The Bertz CT molecular complexity index is 805. The summed E-state index contributed by atoms with van der Waals surface area (Å²) in [7, 11) is 0. The lowest BCUT2D eigenvalue weighted by molar-refractivity contribution is 0.0942. The number of benzene rings is 1. The van der Waals surface area contributed by atoms with Crippen molar-refractivity contribution in [2.45, 2.75) is 19.5 Å². The molecule has 1 N–H and O–H groups in total. The molecular formula is C17H17N3OS. The number of hydrogen-bond acceptors (Lipinski definition) is 3. The van der Waals surface area contributed by atoms with Crippen molar-refractivity contribution >= 4 is 28.3 Å². The maximum atomic E-state index is 12.2. The second kappa shape index (κ2) is 6.15. The summed E-state index contributed by atoms with van der Waals surface area (Å²) >= 11 is 1.43. The van der Waals surface area contributed by atoms with Gasteiger partial charge in [-0.15, -0.1) is 17.9 Å². The summed E-state index contributed by atoms with van der Waals surface area (Å²) < 4.78 is 2.09. The molecule has 0 saturated carbocycles. The highest BCUT2D eigenvalue weighted by atomic mass is 32.1. The Labute approximate surface area is 133 Å². The van der Waals surface area contributed by atoms with Crippen molar-refractivity contribution in [1.82, 2.24) is 14.9 Å². The average Bonchev–Trinajstić information content (AvgIpc) is 3.16. The van der Waals surface area contributed by atoms with Crippen LogP contribution in [0, 0.1) is 0 Å². The molecule has 4 nitrogen and oxygen atoms in total. The van der Waals surface area contributed by atoms with Crippen molar-refractivity contribution in [2.75, 3.05) is 0 Å². The lowest BCUT2D eigenvalue weighted by atomic mass is 10.3. The number of hydrogen-bond donors (Lipinski definition) is 1. The first kappa shape index (κ1) is 14.5. The average molecular weight is 311 g/mol. The molecule has 0 aliphatic carbocycles. The summed E-state index contributed by atoms with van der Waals surface area (Å²) in [5.41, 5.74) is 1.98. The van der Waals surface area contributed by atoms with Crippen LogP contribution in [0.2, 0.25) is 0 Å². The molecule has 22 heavy (non-hydrogen) atoms. The lowest BCUT2D eigenvalue weighted by Crippen LogP contribution is -2.28. The van der Waals surface area contributed by atoms with Gasteiger partial charge in [0.05, 0.1) is 22.0 Å². The highest BCUT2D eigenvalue weighted by Gasteiger charge is 2.18. The lowest BCUT2D eigenvalue weighted by Gasteiger charge is -2.15. The zero-order valence-corrected chi connectivity index (χ0v) is 13.1. The van der Waals surface area contributed by atoms with Gasteiger partial charge < -0.3 is 9.88 Å². The smallest absolute Gasteiger partial charge is 0.261 e. The number of fused-ring (bicyclic) bond motifs is 1. The number of aromatic nitrogens is 2. The van der Waals surface area contributed by atoms with Crippen LogP contribution in [0.1, 0.15) is 28.5 Å². The van der Waals surface area contributed by atoms with Gasteiger partial charge in [-0.2, -0.15) is 0 Å². The van der Waals surface area contributed by atoms with Crippen LogP contribution in [0.3, 0.4) is 0 Å². The van der Waals surface area contributed by atoms with Crippen LogP contribution in [-0.4, -0.2) is 15.5 Å². The van der Waals surface area contributed by atoms with E-state index in [1.807, 2.05) is 54.8 Å². The van der Waals surface area contributed by atoms with Crippen LogP contribution in [-0.2, 0) is 6.54 Å². The summed E-state index contributed by atoms with van der Waals surface area (Å²) in [6.45, 7) is 6.42. The minimum Gasteiger partial charge on any atom is -0.342 e. The molecule has 2 heterocycles. The Kier molecular flexibility index (Phi) is 4.06. The number of allylic oxidation sites excluding steroid dienone is 1. The third kappa shape index (κ3) is 2.67. The van der Waals surface area contributed by atoms with E-state index in [0.717, 1.165) is 16.9 Å². The number of rotatable bonds is 5. The Hall–Kier alpha value is -2.40. The Morgan fingerprint density at radius 2 is 2.23 bits per heavy atom. The van der Waals surface area contributed by atoms with Gasteiger partial charge in [-0.25, -0.2) is 4.98 Å². The van der Waals surface area contributed by atoms with Gasteiger partial charge in [-0.3, -0.25) is 4.79 Å². The predicted octanol–water partition coefficient (Wildman–Crippen LogP) is 3.77. The zero-order valence-electron chi connectivity index (χ0n) is 12.3. The number of carbonyl (C=O) groups excluding carboxylic acids is 1. The molecule has 1 aromatic carbocycles. The van der Waals surface area contributed by atoms with Crippen LogP contribution in [0.15, 0.2) is 54.4 Å². The van der Waals surface area contributed by atoms with E-state index in [2.05, 4.69) is 21.4 Å². The van der Waals surface area contributed by atoms with E-state index in [4.69, 9.17) is 0 Å². The Balaban J connectivity index is 1.93. The molecule has 112 valence electrons. The maximum Gasteiger partial charge on any atom is 0.261 e. The van der Waals surface area contributed by atoms with E-state index < -0.39 is 0 Å². The standard InChI is InChI=1S/C17H17N3OS/c1-3-10-20-14-8-5-4-7-13(14)19-16(20)12(2)18-17(21)15-9-6-11-22-15/h3-9,11-12H,1,10H2,2H3,(H,18,21). The molecule has 3 rings (SSSR count). The van der Waals surface area contributed by atoms with Crippen molar-refractivity contribution < 1.29 is 4.79 Å². The fraction of sp³-hybridized carbons (Fsp3) is 0.176. The van der Waals surface area contributed by atoms with Crippen molar-refractivity contribution in [3.8, 4) is 0 Å². The van der Waals surface area contributed by atoms with E-state index in [0.29, 0.717) is 11.4 Å². The van der Waals surface area contributed by atoms with E-state index >= 15 is 0 Å². The van der Waals surface area contributed by atoms with Crippen LogP contribution < -0.4 is 5.32 Å². The molecule has 0 bridgehead atoms. The van der Waals surface area contributed by atoms with E-state index in [-0.39, 0.29) is 11.9 Å². The molecule has 0 aliphatic rings. The summed E-state index contributed by atoms with van der Waals surface area (Å²) in [6, 6.07) is 11.5. The summed E-state index contributed by atoms with van der Waals surface area (Å²) in [5, 5.41) is 4.91. The fourth-order valence-electron chi connectivity index (χ4n) is 2.49. The van der Waals surface area contributed by atoms with Gasteiger partial charge in [0.2, 0.25) is 0 Å².